The fraction of sp³-hybridized carbons (Fsp3) is 0.333. The molecule has 2 saturated carbocycles. The van der Waals surface area contributed by atoms with Crippen molar-refractivity contribution in [1.29, 1.82) is 0 Å². The molecule has 2 aliphatic carbocycles. The predicted octanol–water partition coefficient (Wildman–Crippen LogP) is 12.3. The topological polar surface area (TPSA) is 0 Å². The van der Waals surface area contributed by atoms with Gasteiger partial charge in [-0.05, 0) is 116 Å². The molecule has 51 heavy (non-hydrogen) atoms. The molecule has 0 aliphatic heterocycles. The summed E-state index contributed by atoms with van der Waals surface area (Å²) in [4.78, 5) is 0. The van der Waals surface area contributed by atoms with Crippen molar-refractivity contribution in [2.75, 3.05) is 0 Å². The molecule has 3 heteroatoms. The zero-order chi connectivity index (χ0) is 34.6. The van der Waals surface area contributed by atoms with Gasteiger partial charge in [0.1, 0.15) is 0 Å². The molecule has 0 amide bonds. The summed E-state index contributed by atoms with van der Waals surface area (Å²) >= 11 is 0. The Morgan fingerprint density at radius 3 is 1.35 bits per heavy atom. The van der Waals surface area contributed by atoms with Crippen molar-refractivity contribution >= 4 is 58.6 Å². The first-order chi connectivity index (χ1) is 24.4. The van der Waals surface area contributed by atoms with Crippen molar-refractivity contribution in [2.45, 2.75) is 97.3 Å². The molecule has 3 atom stereocenters. The first-order valence-electron chi connectivity index (χ1n) is 19.1. The SMILES string of the molecule is C1CCCC1.Cc1cc(C)cc(P(c2cc(C)cc(C)c2)[C@@H](C)C2CCCC2P(c2cccc3ccccc23)c2cccc3ccccc23)c1.[Fe]. The average molecular weight is 749 g/mol. The molecule has 0 spiro atoms. The largest absolute Gasteiger partial charge is 0.0616 e. The normalized spacial score (nSPS) is 17.8. The third-order valence-electron chi connectivity index (χ3n) is 11.2. The van der Waals surface area contributed by atoms with Crippen LogP contribution in [-0.4, -0.2) is 11.3 Å². The van der Waals surface area contributed by atoms with Gasteiger partial charge in [0.15, 0.2) is 0 Å². The van der Waals surface area contributed by atoms with E-state index in [1.165, 1.54) is 95.2 Å². The smallest absolute Gasteiger partial charge is 0 e. The molecule has 8 rings (SSSR count). The summed E-state index contributed by atoms with van der Waals surface area (Å²) in [6, 6.07) is 47.0. The van der Waals surface area contributed by atoms with Gasteiger partial charge in [-0.25, -0.2) is 0 Å². The van der Waals surface area contributed by atoms with Crippen LogP contribution in [0.15, 0.2) is 121 Å². The predicted molar refractivity (Wildman–Crippen MR) is 226 cm³/mol. The van der Waals surface area contributed by atoms with Gasteiger partial charge in [-0.2, -0.15) is 0 Å². The van der Waals surface area contributed by atoms with E-state index in [0.29, 0.717) is 17.2 Å². The quantitative estimate of drug-likeness (QED) is 0.113. The van der Waals surface area contributed by atoms with E-state index in [-0.39, 0.29) is 17.1 Å². The molecule has 0 heterocycles. The fourth-order valence-corrected chi connectivity index (χ4v) is 16.2. The van der Waals surface area contributed by atoms with Gasteiger partial charge >= 0.3 is 0 Å². The van der Waals surface area contributed by atoms with Gasteiger partial charge in [0, 0.05) is 17.1 Å². The second-order valence-corrected chi connectivity index (χ2v) is 20.1. The van der Waals surface area contributed by atoms with Crippen LogP contribution < -0.4 is 21.2 Å². The standard InChI is InChI=1S/C43H44P2.C5H10.Fe/c1-29-23-30(2)26-36(25-29)44(37-27-31(3)24-32(4)28-37)33(5)38-19-12-22-41(38)45(42-20-10-15-34-13-6-8-17-39(34)42)43-21-11-16-35-14-7-9-18-40(35)43;1-2-4-5-3-1;/h6-11,13-18,20-21,23-28,33,38,41H,12,19,22H2,1-5H3;1-5H2;/t33-,38?,41?;;/m0../s1. The number of rotatable bonds is 7. The van der Waals surface area contributed by atoms with Crippen LogP contribution in [0, 0.1) is 33.6 Å². The molecule has 2 unspecified atom stereocenters. The third-order valence-corrected chi connectivity index (χ3v) is 17.1. The first kappa shape index (κ1) is 38.0. The second kappa shape index (κ2) is 17.4. The molecule has 0 saturated heterocycles. The zero-order valence-electron chi connectivity index (χ0n) is 31.2. The van der Waals surface area contributed by atoms with Gasteiger partial charge in [0.25, 0.3) is 0 Å². The number of benzene rings is 6. The Bertz CT molecular complexity index is 1890. The molecule has 6 aromatic rings. The minimum Gasteiger partial charge on any atom is -0.0616 e. The Kier molecular flexibility index (Phi) is 12.9. The Labute approximate surface area is 320 Å². The van der Waals surface area contributed by atoms with E-state index in [9.17, 15) is 0 Å². The van der Waals surface area contributed by atoms with Gasteiger partial charge in [0.05, 0.1) is 0 Å². The summed E-state index contributed by atoms with van der Waals surface area (Å²) < 4.78 is 0. The Hall–Kier alpha value is -2.78. The maximum absolute atomic E-state index is 2.61. The van der Waals surface area contributed by atoms with Crippen molar-refractivity contribution < 1.29 is 17.1 Å². The maximum Gasteiger partial charge on any atom is 0 e. The van der Waals surface area contributed by atoms with Crippen LogP contribution in [0.3, 0.4) is 0 Å². The molecule has 6 aromatic carbocycles. The van der Waals surface area contributed by atoms with Crippen molar-refractivity contribution in [3.8, 4) is 0 Å². The van der Waals surface area contributed by atoms with Crippen LogP contribution in [0.2, 0.25) is 0 Å². The van der Waals surface area contributed by atoms with Gasteiger partial charge in [-0.1, -0.05) is 189 Å². The second-order valence-electron chi connectivity index (χ2n) is 15.1. The molecule has 0 nitrogen and oxygen atoms in total. The molecule has 2 aliphatic rings. The molecular formula is C48H54FeP2. The van der Waals surface area contributed by atoms with E-state index in [1.807, 2.05) is 0 Å². The first-order valence-corrected chi connectivity index (χ1v) is 21.9. The van der Waals surface area contributed by atoms with Crippen LogP contribution >= 0.6 is 15.8 Å². The Balaban J connectivity index is 0.000000689. The Morgan fingerprint density at radius 2 is 0.902 bits per heavy atom. The molecule has 264 valence electrons. The van der Waals surface area contributed by atoms with E-state index in [1.54, 1.807) is 21.2 Å². The molecule has 0 N–H and O–H groups in total. The Morgan fingerprint density at radius 1 is 0.490 bits per heavy atom. The molecule has 2 fully saturated rings. The minimum atomic E-state index is -0.600. The van der Waals surface area contributed by atoms with Crippen molar-refractivity contribution in [3.05, 3.63) is 144 Å². The summed E-state index contributed by atoms with van der Waals surface area (Å²) in [5.41, 5.74) is 6.73. The number of aryl methyl sites for hydroxylation is 4. The van der Waals surface area contributed by atoms with E-state index < -0.39 is 15.8 Å². The third kappa shape index (κ3) is 8.56. The van der Waals surface area contributed by atoms with E-state index in [0.717, 1.165) is 0 Å². The van der Waals surface area contributed by atoms with Crippen molar-refractivity contribution in [1.82, 2.24) is 0 Å². The molecule has 0 radical (unpaired) electrons. The number of fused-ring (bicyclic) bond motifs is 2. The van der Waals surface area contributed by atoms with Crippen LogP contribution in [0.1, 0.15) is 80.5 Å². The molecular weight excluding hydrogens is 694 g/mol. The molecule has 0 bridgehead atoms. The van der Waals surface area contributed by atoms with Crippen LogP contribution in [0.25, 0.3) is 21.5 Å². The fourth-order valence-electron chi connectivity index (χ4n) is 9.05. The summed E-state index contributed by atoms with van der Waals surface area (Å²) in [6.07, 6.45) is 11.4. The van der Waals surface area contributed by atoms with Gasteiger partial charge in [-0.3, -0.25) is 0 Å². The van der Waals surface area contributed by atoms with E-state index in [2.05, 4.69) is 156 Å². The summed E-state index contributed by atoms with van der Waals surface area (Å²) in [7, 11) is -1.14. The maximum atomic E-state index is 2.61. The zero-order valence-corrected chi connectivity index (χ0v) is 34.1. The minimum absolute atomic E-state index is 0. The summed E-state index contributed by atoms with van der Waals surface area (Å²) in [5.74, 6) is 0.654. The van der Waals surface area contributed by atoms with Crippen LogP contribution in [0.4, 0.5) is 0 Å². The van der Waals surface area contributed by atoms with Crippen LogP contribution in [-0.2, 0) is 17.1 Å². The van der Waals surface area contributed by atoms with Gasteiger partial charge in [-0.15, -0.1) is 0 Å². The number of hydrogen-bond donors (Lipinski definition) is 0. The summed E-state index contributed by atoms with van der Waals surface area (Å²) in [6.45, 7) is 11.7. The van der Waals surface area contributed by atoms with Crippen LogP contribution in [0.5, 0.6) is 0 Å². The average Bonchev–Trinajstić information content (AvgIpc) is 3.85. The van der Waals surface area contributed by atoms with Gasteiger partial charge in [0.2, 0.25) is 0 Å². The van der Waals surface area contributed by atoms with Gasteiger partial charge < -0.3 is 0 Å². The van der Waals surface area contributed by atoms with Crippen molar-refractivity contribution in [2.24, 2.45) is 5.92 Å². The van der Waals surface area contributed by atoms with E-state index in [4.69, 9.17) is 0 Å². The number of hydrogen-bond acceptors (Lipinski definition) is 0. The van der Waals surface area contributed by atoms with E-state index >= 15 is 0 Å². The molecule has 0 aromatic heterocycles. The summed E-state index contributed by atoms with van der Waals surface area (Å²) in [5, 5.41) is 11.8. The monoisotopic (exact) mass is 748 g/mol. The van der Waals surface area contributed by atoms with Crippen molar-refractivity contribution in [3.63, 3.8) is 0 Å².